The third kappa shape index (κ3) is 6.18. The molecule has 124 valence electrons. The Morgan fingerprint density at radius 1 is 1.17 bits per heavy atom. The van der Waals surface area contributed by atoms with E-state index in [1.165, 1.54) is 25.7 Å². The molecule has 0 bridgehead atoms. The molecule has 1 fully saturated rings. The van der Waals surface area contributed by atoms with Crippen LogP contribution in [0.15, 0.2) is 29.6 Å². The average molecular weight is 316 g/mol. The number of hydrogen-bond donors (Lipinski definition) is 2. The molecule has 0 aliphatic heterocycles. The summed E-state index contributed by atoms with van der Waals surface area (Å²) >= 11 is 0. The summed E-state index contributed by atoms with van der Waals surface area (Å²) in [6, 6.07) is 3.50. The first kappa shape index (κ1) is 17.1. The van der Waals surface area contributed by atoms with Crippen molar-refractivity contribution >= 4 is 17.5 Å². The number of carbonyl (C=O) groups is 2. The van der Waals surface area contributed by atoms with Crippen molar-refractivity contribution in [1.29, 1.82) is 0 Å². The van der Waals surface area contributed by atoms with Crippen LogP contribution >= 0.6 is 0 Å². The van der Waals surface area contributed by atoms with E-state index in [1.54, 1.807) is 31.5 Å². The van der Waals surface area contributed by atoms with E-state index in [-0.39, 0.29) is 24.3 Å². The molecule has 0 saturated heterocycles. The summed E-state index contributed by atoms with van der Waals surface area (Å²) in [5.74, 6) is -0.341. The smallest absolute Gasteiger partial charge is 0.271 e. The molecule has 0 spiro atoms. The minimum Gasteiger partial charge on any atom is -0.353 e. The second-order valence-corrected chi connectivity index (χ2v) is 5.96. The van der Waals surface area contributed by atoms with Crippen LogP contribution in [-0.4, -0.2) is 28.6 Å². The highest BCUT2D eigenvalue weighted by Gasteiger charge is 2.15. The van der Waals surface area contributed by atoms with Gasteiger partial charge < -0.3 is 5.32 Å². The van der Waals surface area contributed by atoms with Gasteiger partial charge in [-0.15, -0.1) is 0 Å². The van der Waals surface area contributed by atoms with Crippen LogP contribution in [0.5, 0.6) is 0 Å². The summed E-state index contributed by atoms with van der Waals surface area (Å²) in [6.45, 7) is 1.74. The lowest BCUT2D eigenvalue weighted by molar-refractivity contribution is -0.120. The Morgan fingerprint density at radius 2 is 1.83 bits per heavy atom. The van der Waals surface area contributed by atoms with E-state index in [0.29, 0.717) is 11.3 Å². The van der Waals surface area contributed by atoms with Crippen LogP contribution in [-0.2, 0) is 4.79 Å². The minimum atomic E-state index is -0.309. The Labute approximate surface area is 136 Å². The van der Waals surface area contributed by atoms with Crippen LogP contribution in [0.3, 0.4) is 0 Å². The van der Waals surface area contributed by atoms with Crippen molar-refractivity contribution in [3.8, 4) is 0 Å². The van der Waals surface area contributed by atoms with Crippen LogP contribution in [0.2, 0.25) is 0 Å². The zero-order chi connectivity index (χ0) is 16.5. The van der Waals surface area contributed by atoms with Crippen LogP contribution in [0.1, 0.15) is 62.2 Å². The standard InChI is InChI=1S/C17H24N4O2/c1-13(20-21-17(23)14-8-10-18-11-9-14)12-16(22)19-15-6-4-2-3-5-7-15/h8-11,15H,2-7,12H2,1H3,(H,19,22)(H,21,23)/b20-13-. The SMILES string of the molecule is C/C(CC(=O)NC1CCCCCC1)=N/NC(=O)c1ccncc1. The summed E-state index contributed by atoms with van der Waals surface area (Å²) in [5.41, 5.74) is 3.53. The molecule has 0 atom stereocenters. The van der Waals surface area contributed by atoms with E-state index in [4.69, 9.17) is 0 Å². The first-order chi connectivity index (χ1) is 11.1. The molecule has 0 aromatic carbocycles. The zero-order valence-corrected chi connectivity index (χ0v) is 13.5. The summed E-state index contributed by atoms with van der Waals surface area (Å²) in [5, 5.41) is 7.06. The number of aromatic nitrogens is 1. The number of pyridine rings is 1. The molecular formula is C17H24N4O2. The molecule has 23 heavy (non-hydrogen) atoms. The largest absolute Gasteiger partial charge is 0.353 e. The Balaban J connectivity index is 1.77. The van der Waals surface area contributed by atoms with E-state index < -0.39 is 0 Å². The van der Waals surface area contributed by atoms with Crippen LogP contribution in [0.4, 0.5) is 0 Å². The van der Waals surface area contributed by atoms with Gasteiger partial charge in [0.1, 0.15) is 0 Å². The molecule has 1 heterocycles. The van der Waals surface area contributed by atoms with Crippen LogP contribution < -0.4 is 10.7 Å². The van der Waals surface area contributed by atoms with E-state index in [2.05, 4.69) is 20.8 Å². The van der Waals surface area contributed by atoms with Crippen molar-refractivity contribution < 1.29 is 9.59 Å². The average Bonchev–Trinajstić information content (AvgIpc) is 2.82. The maximum atomic E-state index is 12.0. The zero-order valence-electron chi connectivity index (χ0n) is 13.5. The van der Waals surface area contributed by atoms with Gasteiger partial charge in [0.25, 0.3) is 5.91 Å². The van der Waals surface area contributed by atoms with Gasteiger partial charge in [-0.25, -0.2) is 5.43 Å². The monoisotopic (exact) mass is 316 g/mol. The summed E-state index contributed by atoms with van der Waals surface area (Å²) in [4.78, 5) is 27.7. The normalized spacial score (nSPS) is 16.5. The molecule has 6 heteroatoms. The highest BCUT2D eigenvalue weighted by Crippen LogP contribution is 2.17. The van der Waals surface area contributed by atoms with Gasteiger partial charge in [-0.3, -0.25) is 14.6 Å². The van der Waals surface area contributed by atoms with E-state index in [1.807, 2.05) is 0 Å². The number of nitrogens with zero attached hydrogens (tertiary/aromatic N) is 2. The van der Waals surface area contributed by atoms with Crippen molar-refractivity contribution in [2.75, 3.05) is 0 Å². The Kier molecular flexibility index (Phi) is 6.72. The first-order valence-electron chi connectivity index (χ1n) is 8.18. The summed E-state index contributed by atoms with van der Waals surface area (Å²) in [6.07, 6.45) is 10.3. The van der Waals surface area contributed by atoms with Crippen molar-refractivity contribution in [2.45, 2.75) is 57.9 Å². The lowest BCUT2D eigenvalue weighted by Gasteiger charge is -2.16. The third-order valence-electron chi connectivity index (χ3n) is 3.93. The predicted molar refractivity (Wildman–Crippen MR) is 89.1 cm³/mol. The molecule has 2 N–H and O–H groups in total. The van der Waals surface area contributed by atoms with Crippen molar-refractivity contribution in [2.24, 2.45) is 5.10 Å². The molecule has 1 aromatic heterocycles. The molecule has 1 saturated carbocycles. The van der Waals surface area contributed by atoms with Crippen molar-refractivity contribution in [1.82, 2.24) is 15.7 Å². The molecule has 0 unspecified atom stereocenters. The van der Waals surface area contributed by atoms with Gasteiger partial charge in [-0.05, 0) is 31.9 Å². The Hall–Kier alpha value is -2.24. The first-order valence-corrected chi connectivity index (χ1v) is 8.18. The summed E-state index contributed by atoms with van der Waals surface area (Å²) < 4.78 is 0. The van der Waals surface area contributed by atoms with E-state index in [9.17, 15) is 9.59 Å². The number of rotatable bonds is 5. The predicted octanol–water partition coefficient (Wildman–Crippen LogP) is 2.42. The fourth-order valence-corrected chi connectivity index (χ4v) is 2.69. The van der Waals surface area contributed by atoms with Crippen LogP contribution in [0, 0.1) is 0 Å². The molecule has 0 radical (unpaired) electrons. The molecular weight excluding hydrogens is 292 g/mol. The van der Waals surface area contributed by atoms with Gasteiger partial charge in [0, 0.05) is 29.7 Å². The highest BCUT2D eigenvalue weighted by molar-refractivity contribution is 6.01. The maximum absolute atomic E-state index is 12.0. The summed E-state index contributed by atoms with van der Waals surface area (Å²) in [7, 11) is 0. The Morgan fingerprint density at radius 3 is 2.48 bits per heavy atom. The molecule has 1 aliphatic carbocycles. The highest BCUT2D eigenvalue weighted by atomic mass is 16.2. The number of amides is 2. The fourth-order valence-electron chi connectivity index (χ4n) is 2.69. The van der Waals surface area contributed by atoms with E-state index in [0.717, 1.165) is 12.8 Å². The Bertz CT molecular complexity index is 549. The van der Waals surface area contributed by atoms with Gasteiger partial charge in [-0.2, -0.15) is 5.10 Å². The number of hydrogen-bond acceptors (Lipinski definition) is 4. The van der Waals surface area contributed by atoms with Gasteiger partial charge in [0.05, 0.1) is 6.42 Å². The molecule has 2 rings (SSSR count). The number of nitrogens with one attached hydrogen (secondary N) is 2. The lowest BCUT2D eigenvalue weighted by Crippen LogP contribution is -2.35. The van der Waals surface area contributed by atoms with Gasteiger partial charge in [0.15, 0.2) is 0 Å². The van der Waals surface area contributed by atoms with Gasteiger partial charge in [-0.1, -0.05) is 25.7 Å². The second kappa shape index (κ2) is 9.02. The minimum absolute atomic E-state index is 0.0312. The molecule has 2 amide bonds. The number of carbonyl (C=O) groups excluding carboxylic acids is 2. The van der Waals surface area contributed by atoms with Crippen molar-refractivity contribution in [3.63, 3.8) is 0 Å². The van der Waals surface area contributed by atoms with Crippen molar-refractivity contribution in [3.05, 3.63) is 30.1 Å². The quantitative estimate of drug-likeness (QED) is 0.497. The lowest BCUT2D eigenvalue weighted by atomic mass is 10.1. The van der Waals surface area contributed by atoms with E-state index >= 15 is 0 Å². The molecule has 6 nitrogen and oxygen atoms in total. The second-order valence-electron chi connectivity index (χ2n) is 5.96. The van der Waals surface area contributed by atoms with Crippen LogP contribution in [0.25, 0.3) is 0 Å². The molecule has 1 aromatic rings. The van der Waals surface area contributed by atoms with Gasteiger partial charge >= 0.3 is 0 Å². The maximum Gasteiger partial charge on any atom is 0.271 e. The van der Waals surface area contributed by atoms with Gasteiger partial charge in [0.2, 0.25) is 5.91 Å². The number of hydrazone groups is 1. The fraction of sp³-hybridized carbons (Fsp3) is 0.529. The topological polar surface area (TPSA) is 83.5 Å². The third-order valence-corrected chi connectivity index (χ3v) is 3.93. The molecule has 1 aliphatic rings.